The minimum atomic E-state index is -1.83. The molecule has 0 heterocycles. The zero-order valence-corrected chi connectivity index (χ0v) is 20.3. The lowest BCUT2D eigenvalue weighted by molar-refractivity contribution is 0.491. The van der Waals surface area contributed by atoms with E-state index in [1.165, 1.54) is 10.8 Å². The Morgan fingerprint density at radius 2 is 0.923 bits per heavy atom. The lowest BCUT2D eigenvalue weighted by atomic mass is 10.1. The molecule has 26 heavy (non-hydrogen) atoms. The van der Waals surface area contributed by atoms with Gasteiger partial charge in [0.1, 0.15) is 11.5 Å². The number of benzene rings is 2. The van der Waals surface area contributed by atoms with E-state index in [-0.39, 0.29) is 10.1 Å². The molecule has 0 aliphatic carbocycles. The van der Waals surface area contributed by atoms with Crippen molar-refractivity contribution in [3.63, 3.8) is 0 Å². The normalized spacial score (nSPS) is 13.8. The molecule has 2 aromatic rings. The zero-order chi connectivity index (χ0) is 20.0. The Labute approximate surface area is 162 Å². The minimum Gasteiger partial charge on any atom is -0.543 e. The fourth-order valence-corrected chi connectivity index (χ4v) is 4.27. The second-order valence-electron chi connectivity index (χ2n) is 10.4. The summed E-state index contributed by atoms with van der Waals surface area (Å²) in [6, 6.07) is 12.8. The van der Waals surface area contributed by atoms with Gasteiger partial charge in [-0.3, -0.25) is 0 Å². The van der Waals surface area contributed by atoms with Gasteiger partial charge in [-0.1, -0.05) is 53.7 Å². The first kappa shape index (κ1) is 21.0. The molecule has 0 saturated heterocycles. The molecule has 0 aromatic heterocycles. The summed E-state index contributed by atoms with van der Waals surface area (Å²) < 4.78 is 13.0. The number of hydrogen-bond donors (Lipinski definition) is 0. The minimum absolute atomic E-state index is 0.190. The lowest BCUT2D eigenvalue weighted by Crippen LogP contribution is -2.43. The van der Waals surface area contributed by atoms with Crippen LogP contribution < -0.4 is 8.85 Å². The molecule has 0 bridgehead atoms. The van der Waals surface area contributed by atoms with E-state index in [4.69, 9.17) is 8.85 Å². The van der Waals surface area contributed by atoms with Crippen molar-refractivity contribution < 1.29 is 8.85 Å². The van der Waals surface area contributed by atoms with Gasteiger partial charge in [0.15, 0.2) is 0 Å². The summed E-state index contributed by atoms with van der Waals surface area (Å²) in [4.78, 5) is 0. The first-order chi connectivity index (χ1) is 11.6. The van der Waals surface area contributed by atoms with Crippen molar-refractivity contribution in [3.05, 3.63) is 36.4 Å². The molecule has 4 heteroatoms. The fraction of sp³-hybridized carbons (Fsp3) is 0.545. The van der Waals surface area contributed by atoms with E-state index in [0.29, 0.717) is 0 Å². The van der Waals surface area contributed by atoms with Gasteiger partial charge in [-0.05, 0) is 71.3 Å². The maximum Gasteiger partial charge on any atom is 0.250 e. The van der Waals surface area contributed by atoms with E-state index in [2.05, 4.69) is 104 Å². The summed E-state index contributed by atoms with van der Waals surface area (Å²) >= 11 is 0. The predicted octanol–water partition coefficient (Wildman–Crippen LogP) is 7.61. The van der Waals surface area contributed by atoms with Gasteiger partial charge in [-0.15, -0.1) is 0 Å². The molecule has 0 spiro atoms. The Bertz CT molecular complexity index is 718. The average Bonchev–Trinajstić information content (AvgIpc) is 2.43. The number of rotatable bonds is 4. The van der Waals surface area contributed by atoms with Gasteiger partial charge in [-0.25, -0.2) is 0 Å². The van der Waals surface area contributed by atoms with Crippen LogP contribution in [0.4, 0.5) is 0 Å². The van der Waals surface area contributed by atoms with E-state index in [1.807, 2.05) is 0 Å². The monoisotopic (exact) mass is 388 g/mol. The highest BCUT2D eigenvalue weighted by Crippen LogP contribution is 2.39. The fourth-order valence-electron chi connectivity index (χ4n) is 2.23. The standard InChI is InChI=1S/C22H36O2Si2/c1-21(2,3)25(7,8)23-19-13-11-17-12-14-20(16-18(17)15-19)24-26(9,10)22(4,5)6/h11-16H,1-10H3. The van der Waals surface area contributed by atoms with Crippen molar-refractivity contribution in [1.82, 2.24) is 0 Å². The zero-order valence-electron chi connectivity index (χ0n) is 18.3. The molecule has 2 aromatic carbocycles. The Morgan fingerprint density at radius 1 is 0.577 bits per heavy atom. The second kappa shape index (κ2) is 6.72. The summed E-state index contributed by atoms with van der Waals surface area (Å²) in [7, 11) is -3.67. The molecule has 0 N–H and O–H groups in total. The van der Waals surface area contributed by atoms with E-state index in [1.54, 1.807) is 0 Å². The number of hydrogen-bond acceptors (Lipinski definition) is 2. The molecular formula is C22H36O2Si2. The van der Waals surface area contributed by atoms with E-state index in [0.717, 1.165) is 11.5 Å². The molecule has 2 nitrogen and oxygen atoms in total. The molecule has 0 aliphatic rings. The van der Waals surface area contributed by atoms with Crippen LogP contribution in [0, 0.1) is 0 Å². The summed E-state index contributed by atoms with van der Waals surface area (Å²) in [5, 5.41) is 2.78. The molecule has 0 amide bonds. The van der Waals surface area contributed by atoms with Crippen molar-refractivity contribution in [2.24, 2.45) is 0 Å². The van der Waals surface area contributed by atoms with Crippen molar-refractivity contribution in [2.45, 2.75) is 77.8 Å². The third-order valence-electron chi connectivity index (χ3n) is 6.14. The summed E-state index contributed by atoms with van der Waals surface area (Å²) in [5.41, 5.74) is 0. The summed E-state index contributed by atoms with van der Waals surface area (Å²) in [6.45, 7) is 22.8. The molecular weight excluding hydrogens is 352 g/mol. The van der Waals surface area contributed by atoms with Crippen molar-refractivity contribution in [2.75, 3.05) is 0 Å². The molecule has 0 unspecified atom stereocenters. The summed E-state index contributed by atoms with van der Waals surface area (Å²) in [5.74, 6) is 1.93. The van der Waals surface area contributed by atoms with Gasteiger partial charge in [0.25, 0.3) is 0 Å². The highest BCUT2D eigenvalue weighted by atomic mass is 28.4. The van der Waals surface area contributed by atoms with Gasteiger partial charge < -0.3 is 8.85 Å². The van der Waals surface area contributed by atoms with Gasteiger partial charge in [-0.2, -0.15) is 0 Å². The van der Waals surface area contributed by atoms with Crippen LogP contribution in [-0.4, -0.2) is 16.6 Å². The van der Waals surface area contributed by atoms with Crippen LogP contribution in [0.3, 0.4) is 0 Å². The smallest absolute Gasteiger partial charge is 0.250 e. The molecule has 0 fully saturated rings. The summed E-state index contributed by atoms with van der Waals surface area (Å²) in [6.07, 6.45) is 0. The third kappa shape index (κ3) is 4.52. The average molecular weight is 389 g/mol. The molecule has 0 saturated carbocycles. The molecule has 2 rings (SSSR count). The van der Waals surface area contributed by atoms with Crippen LogP contribution in [0.15, 0.2) is 36.4 Å². The van der Waals surface area contributed by atoms with Crippen molar-refractivity contribution in [1.29, 1.82) is 0 Å². The predicted molar refractivity (Wildman–Crippen MR) is 120 cm³/mol. The van der Waals surface area contributed by atoms with Crippen LogP contribution in [0.5, 0.6) is 11.5 Å². The van der Waals surface area contributed by atoms with Gasteiger partial charge in [0, 0.05) is 0 Å². The molecule has 0 aliphatic heterocycles. The third-order valence-corrected chi connectivity index (χ3v) is 14.9. The van der Waals surface area contributed by atoms with Gasteiger partial charge in [0.2, 0.25) is 16.6 Å². The molecule has 144 valence electrons. The van der Waals surface area contributed by atoms with Gasteiger partial charge >= 0.3 is 0 Å². The Kier molecular flexibility index (Phi) is 5.44. The first-order valence-electron chi connectivity index (χ1n) is 9.54. The van der Waals surface area contributed by atoms with Crippen LogP contribution in [0.25, 0.3) is 10.8 Å². The van der Waals surface area contributed by atoms with Crippen LogP contribution in [-0.2, 0) is 0 Å². The number of fused-ring (bicyclic) bond motifs is 1. The first-order valence-corrected chi connectivity index (χ1v) is 15.4. The van der Waals surface area contributed by atoms with Gasteiger partial charge in [0.05, 0.1) is 0 Å². The van der Waals surface area contributed by atoms with Crippen LogP contribution in [0.1, 0.15) is 41.5 Å². The quantitative estimate of drug-likeness (QED) is 0.502. The second-order valence-corrected chi connectivity index (χ2v) is 19.8. The Morgan fingerprint density at radius 3 is 1.23 bits per heavy atom. The van der Waals surface area contributed by atoms with E-state index < -0.39 is 16.6 Å². The van der Waals surface area contributed by atoms with Crippen LogP contribution in [0.2, 0.25) is 36.3 Å². The lowest BCUT2D eigenvalue weighted by Gasteiger charge is -2.37. The molecule has 0 atom stereocenters. The largest absolute Gasteiger partial charge is 0.543 e. The van der Waals surface area contributed by atoms with E-state index in [9.17, 15) is 0 Å². The maximum atomic E-state index is 6.48. The van der Waals surface area contributed by atoms with Crippen LogP contribution >= 0.6 is 0 Å². The van der Waals surface area contributed by atoms with E-state index >= 15 is 0 Å². The SMILES string of the molecule is CC(C)(C)[Si](C)(C)Oc1ccc2ccc(O[Si](C)(C)C(C)(C)C)cc2c1. The Hall–Kier alpha value is -1.27. The van der Waals surface area contributed by atoms with Crippen molar-refractivity contribution in [3.8, 4) is 11.5 Å². The molecule has 0 radical (unpaired) electrons. The van der Waals surface area contributed by atoms with Crippen molar-refractivity contribution >= 4 is 27.4 Å². The Balaban J connectivity index is 2.34. The highest BCUT2D eigenvalue weighted by Gasteiger charge is 2.39. The maximum absolute atomic E-state index is 6.48. The highest BCUT2D eigenvalue weighted by molar-refractivity contribution is 6.75. The topological polar surface area (TPSA) is 18.5 Å².